The smallest absolute Gasteiger partial charge is 0.229 e. The van der Waals surface area contributed by atoms with E-state index in [1.807, 2.05) is 0 Å². The van der Waals surface area contributed by atoms with E-state index in [2.05, 4.69) is 4.83 Å². The number of hydrazine groups is 1. The number of rotatable bonds is 3. The van der Waals surface area contributed by atoms with Gasteiger partial charge in [-0.05, 0) is 0 Å². The maximum Gasteiger partial charge on any atom is 0.229 e. The Labute approximate surface area is 88.4 Å². The molecule has 90 valence electrons. The molecule has 0 bridgehead atoms. The Balaban J connectivity index is 2.84. The van der Waals surface area contributed by atoms with Crippen LogP contribution in [0.4, 0.5) is 0 Å². The van der Waals surface area contributed by atoms with Crippen LogP contribution in [-0.2, 0) is 24.8 Å². The van der Waals surface area contributed by atoms with E-state index in [9.17, 15) is 16.8 Å². The van der Waals surface area contributed by atoms with Crippen LogP contribution in [0.25, 0.3) is 0 Å². The largest absolute Gasteiger partial charge is 0.377 e. The molecule has 0 saturated carbocycles. The molecule has 1 heterocycles. The van der Waals surface area contributed by atoms with Gasteiger partial charge in [0, 0.05) is 6.54 Å². The third-order valence-electron chi connectivity index (χ3n) is 1.75. The molecule has 3 N–H and O–H groups in total. The number of ether oxygens (including phenoxy) is 1. The fraction of sp³-hybridized carbons (Fsp3) is 1.00. The zero-order chi connectivity index (χ0) is 11.7. The Hall–Kier alpha value is -0.260. The first-order chi connectivity index (χ1) is 6.70. The average molecular weight is 259 g/mol. The number of nitrogens with zero attached hydrogens (tertiary/aromatic N) is 1. The number of primary sulfonamides is 1. The monoisotopic (exact) mass is 259 g/mol. The first-order valence-electron chi connectivity index (χ1n) is 4.03. The van der Waals surface area contributed by atoms with Gasteiger partial charge in [-0.2, -0.15) is 0 Å². The summed E-state index contributed by atoms with van der Waals surface area (Å²) < 4.78 is 49.0. The predicted octanol–water partition coefficient (Wildman–Crippen LogP) is -2.60. The van der Waals surface area contributed by atoms with Crippen molar-refractivity contribution in [3.8, 4) is 0 Å². The van der Waals surface area contributed by atoms with Crippen molar-refractivity contribution < 1.29 is 21.6 Å². The number of nitrogens with two attached hydrogens (primary N) is 1. The van der Waals surface area contributed by atoms with Crippen LogP contribution in [0.1, 0.15) is 0 Å². The molecule has 0 aliphatic carbocycles. The Bertz CT molecular complexity index is 416. The molecule has 1 atom stereocenters. The lowest BCUT2D eigenvalue weighted by Crippen LogP contribution is -2.58. The van der Waals surface area contributed by atoms with Gasteiger partial charge in [0.25, 0.3) is 0 Å². The molecule has 0 spiro atoms. The molecular weight excluding hydrogens is 246 g/mol. The van der Waals surface area contributed by atoms with Crippen LogP contribution in [0.5, 0.6) is 0 Å². The van der Waals surface area contributed by atoms with Gasteiger partial charge in [-0.15, -0.1) is 4.83 Å². The molecule has 0 aromatic heterocycles. The molecule has 15 heavy (non-hydrogen) atoms. The van der Waals surface area contributed by atoms with Gasteiger partial charge in [-0.3, -0.25) is 0 Å². The first kappa shape index (κ1) is 12.8. The molecule has 8 nitrogen and oxygen atoms in total. The molecule has 1 saturated heterocycles. The van der Waals surface area contributed by atoms with E-state index in [-0.39, 0.29) is 19.8 Å². The lowest BCUT2D eigenvalue weighted by molar-refractivity contribution is 0.0106. The second-order valence-corrected chi connectivity index (χ2v) is 6.62. The van der Waals surface area contributed by atoms with E-state index in [4.69, 9.17) is 9.88 Å². The molecule has 0 aromatic carbocycles. The molecule has 1 aliphatic rings. The molecule has 0 aromatic rings. The van der Waals surface area contributed by atoms with E-state index in [1.54, 1.807) is 0 Å². The third-order valence-corrected chi connectivity index (χ3v) is 3.46. The number of sulfonamides is 2. The quantitative estimate of drug-likeness (QED) is 0.573. The molecule has 1 rings (SSSR count). The van der Waals surface area contributed by atoms with Gasteiger partial charge in [0.15, 0.2) is 5.37 Å². The average Bonchev–Trinajstić information content (AvgIpc) is 1.99. The zero-order valence-electron chi connectivity index (χ0n) is 8.08. The summed E-state index contributed by atoms with van der Waals surface area (Å²) in [6.07, 6.45) is 0.933. The van der Waals surface area contributed by atoms with Crippen molar-refractivity contribution in [3.05, 3.63) is 0 Å². The van der Waals surface area contributed by atoms with Gasteiger partial charge in [0.2, 0.25) is 20.0 Å². The van der Waals surface area contributed by atoms with Crippen molar-refractivity contribution in [1.29, 1.82) is 0 Å². The van der Waals surface area contributed by atoms with Crippen molar-refractivity contribution in [1.82, 2.24) is 9.84 Å². The van der Waals surface area contributed by atoms with Crippen LogP contribution in [0.15, 0.2) is 0 Å². The fourth-order valence-corrected chi connectivity index (χ4v) is 2.68. The van der Waals surface area contributed by atoms with Crippen molar-refractivity contribution in [2.45, 2.75) is 5.37 Å². The van der Waals surface area contributed by atoms with Gasteiger partial charge < -0.3 is 4.74 Å². The first-order valence-corrected chi connectivity index (χ1v) is 7.53. The van der Waals surface area contributed by atoms with Gasteiger partial charge in [0.1, 0.15) is 0 Å². The highest BCUT2D eigenvalue weighted by atomic mass is 32.2. The zero-order valence-corrected chi connectivity index (χ0v) is 9.71. The molecule has 10 heteroatoms. The van der Waals surface area contributed by atoms with Gasteiger partial charge in [0.05, 0.1) is 19.5 Å². The second kappa shape index (κ2) is 4.31. The SMILES string of the molecule is CS(=O)(=O)NN1CCOCC1S(N)(=O)=O. The summed E-state index contributed by atoms with van der Waals surface area (Å²) in [5.41, 5.74) is 0. The molecular formula is C5H13N3O5S2. The summed E-state index contributed by atoms with van der Waals surface area (Å²) in [6.45, 7) is 0.226. The lowest BCUT2D eigenvalue weighted by atomic mass is 10.5. The summed E-state index contributed by atoms with van der Waals surface area (Å²) >= 11 is 0. The highest BCUT2D eigenvalue weighted by Crippen LogP contribution is 2.08. The molecule has 0 radical (unpaired) electrons. The number of hydrogen-bond donors (Lipinski definition) is 2. The molecule has 1 aliphatic heterocycles. The predicted molar refractivity (Wildman–Crippen MR) is 52.4 cm³/mol. The van der Waals surface area contributed by atoms with Crippen LogP contribution >= 0.6 is 0 Å². The second-order valence-electron chi connectivity index (χ2n) is 3.18. The Morgan fingerprint density at radius 3 is 2.47 bits per heavy atom. The molecule has 0 amide bonds. The van der Waals surface area contributed by atoms with E-state index < -0.39 is 25.4 Å². The van der Waals surface area contributed by atoms with Crippen LogP contribution in [0, 0.1) is 0 Å². The topological polar surface area (TPSA) is 119 Å². The molecule has 1 unspecified atom stereocenters. The highest BCUT2D eigenvalue weighted by molar-refractivity contribution is 7.90. The summed E-state index contributed by atoms with van der Waals surface area (Å²) in [4.78, 5) is 2.08. The van der Waals surface area contributed by atoms with Gasteiger partial charge in [-0.1, -0.05) is 0 Å². The Kier molecular flexibility index (Phi) is 3.68. The minimum atomic E-state index is -3.87. The third kappa shape index (κ3) is 4.01. The molecule has 1 fully saturated rings. The van der Waals surface area contributed by atoms with E-state index in [0.29, 0.717) is 0 Å². The summed E-state index contributed by atoms with van der Waals surface area (Å²) in [7, 11) is -7.39. The minimum Gasteiger partial charge on any atom is -0.377 e. The van der Waals surface area contributed by atoms with Crippen molar-refractivity contribution in [2.75, 3.05) is 26.0 Å². The van der Waals surface area contributed by atoms with Gasteiger partial charge >= 0.3 is 0 Å². The van der Waals surface area contributed by atoms with Crippen LogP contribution in [0.2, 0.25) is 0 Å². The standard InChI is InChI=1S/C5H13N3O5S2/c1-14(9,10)7-8-2-3-13-4-5(8)15(6,11)12/h5,7H,2-4H2,1H3,(H2,6,11,12). The normalized spacial score (nSPS) is 25.3. The van der Waals surface area contributed by atoms with Crippen LogP contribution in [-0.4, -0.2) is 53.2 Å². The Morgan fingerprint density at radius 1 is 1.40 bits per heavy atom. The van der Waals surface area contributed by atoms with Crippen molar-refractivity contribution >= 4 is 20.0 Å². The van der Waals surface area contributed by atoms with E-state index >= 15 is 0 Å². The van der Waals surface area contributed by atoms with Crippen LogP contribution in [0.3, 0.4) is 0 Å². The minimum absolute atomic E-state index is 0.133. The number of morpholine rings is 1. The Morgan fingerprint density at radius 2 is 2.00 bits per heavy atom. The summed E-state index contributed by atoms with van der Waals surface area (Å²) in [6, 6.07) is 0. The number of nitrogens with one attached hydrogen (secondary N) is 1. The summed E-state index contributed by atoms with van der Waals surface area (Å²) in [5.74, 6) is 0. The maximum atomic E-state index is 11.1. The fourth-order valence-electron chi connectivity index (χ4n) is 1.17. The van der Waals surface area contributed by atoms with E-state index in [0.717, 1.165) is 11.3 Å². The van der Waals surface area contributed by atoms with Crippen molar-refractivity contribution in [2.24, 2.45) is 5.14 Å². The van der Waals surface area contributed by atoms with Gasteiger partial charge in [-0.25, -0.2) is 27.0 Å². The maximum absolute atomic E-state index is 11.1. The summed E-state index contributed by atoms with van der Waals surface area (Å²) in [5, 5.41) is 4.81. The number of hydrogen-bond acceptors (Lipinski definition) is 6. The lowest BCUT2D eigenvalue weighted by Gasteiger charge is -2.32. The highest BCUT2D eigenvalue weighted by Gasteiger charge is 2.33. The van der Waals surface area contributed by atoms with E-state index in [1.165, 1.54) is 0 Å². The van der Waals surface area contributed by atoms with Crippen molar-refractivity contribution in [3.63, 3.8) is 0 Å². The van der Waals surface area contributed by atoms with Crippen LogP contribution < -0.4 is 9.97 Å².